The van der Waals surface area contributed by atoms with Crippen molar-refractivity contribution >= 4 is 40.5 Å². The van der Waals surface area contributed by atoms with E-state index in [2.05, 4.69) is 22.3 Å². The first-order valence-corrected chi connectivity index (χ1v) is 10.8. The minimum Gasteiger partial charge on any atom is -0.506 e. The second-order valence-corrected chi connectivity index (χ2v) is 9.02. The van der Waals surface area contributed by atoms with Crippen LogP contribution in [-0.4, -0.2) is 35.7 Å². The monoisotopic (exact) mass is 431 g/mol. The van der Waals surface area contributed by atoms with Crippen LogP contribution < -0.4 is 15.1 Å². The predicted molar refractivity (Wildman–Crippen MR) is 116 cm³/mol. The van der Waals surface area contributed by atoms with Gasteiger partial charge in [-0.15, -0.1) is 0 Å². The van der Waals surface area contributed by atoms with Crippen LogP contribution in [0.4, 0.5) is 11.4 Å². The minimum atomic E-state index is -0.553. The molecule has 2 fully saturated rings. The number of nitrogens with one attached hydrogen (secondary N) is 1. The Balaban J connectivity index is 1.35. The van der Waals surface area contributed by atoms with Crippen LogP contribution in [0.3, 0.4) is 0 Å². The Morgan fingerprint density at radius 2 is 1.83 bits per heavy atom. The quantitative estimate of drug-likeness (QED) is 0.739. The second kappa shape index (κ2) is 7.08. The van der Waals surface area contributed by atoms with Gasteiger partial charge in [-0.05, 0) is 49.4 Å². The Labute approximate surface area is 180 Å². The molecule has 2 aliphatic carbocycles. The number of fused-ring (bicyclic) bond motifs is 1. The summed E-state index contributed by atoms with van der Waals surface area (Å²) >= 11 is 12.3. The molecule has 0 bridgehead atoms. The molecule has 1 aliphatic heterocycles. The van der Waals surface area contributed by atoms with Crippen LogP contribution in [0.15, 0.2) is 36.4 Å². The maximum Gasteiger partial charge on any atom is 0.247 e. The van der Waals surface area contributed by atoms with E-state index in [1.165, 1.54) is 24.6 Å². The van der Waals surface area contributed by atoms with Gasteiger partial charge in [0.15, 0.2) is 0 Å². The molecule has 2 N–H and O–H groups in total. The van der Waals surface area contributed by atoms with Crippen molar-refractivity contribution in [3.63, 3.8) is 0 Å². The molecule has 0 atom stereocenters. The molecule has 3 aliphatic rings. The standard InChI is InChI=1S/C22H23Cl2N3O2/c23-16-12-20(28)17(24)11-14(16)13-25-22(7-8-22)21(29)27-10-9-26(15-5-6-15)18-3-1-2-4-19(18)27/h1-4,11-12,15,25,28H,5-10,13H2. The summed E-state index contributed by atoms with van der Waals surface area (Å²) in [6, 6.07) is 11.9. The fourth-order valence-electron chi connectivity index (χ4n) is 4.19. The van der Waals surface area contributed by atoms with Gasteiger partial charge in [0.05, 0.1) is 21.9 Å². The zero-order chi connectivity index (χ0) is 20.2. The van der Waals surface area contributed by atoms with Crippen molar-refractivity contribution in [1.29, 1.82) is 0 Å². The normalized spacial score (nSPS) is 19.8. The summed E-state index contributed by atoms with van der Waals surface area (Å²) in [6.07, 6.45) is 4.09. The molecule has 29 heavy (non-hydrogen) atoms. The minimum absolute atomic E-state index is 0.0391. The number of benzene rings is 2. The highest BCUT2D eigenvalue weighted by molar-refractivity contribution is 6.34. The molecule has 2 aromatic carbocycles. The lowest BCUT2D eigenvalue weighted by Crippen LogP contribution is -2.53. The van der Waals surface area contributed by atoms with Crippen LogP contribution in [0.5, 0.6) is 5.75 Å². The van der Waals surface area contributed by atoms with Gasteiger partial charge in [0, 0.05) is 36.8 Å². The molecule has 2 saturated carbocycles. The van der Waals surface area contributed by atoms with Crippen molar-refractivity contribution in [3.05, 3.63) is 52.0 Å². The fraction of sp³-hybridized carbons (Fsp3) is 0.409. The Hall–Kier alpha value is -1.95. The summed E-state index contributed by atoms with van der Waals surface area (Å²) in [5.41, 5.74) is 2.39. The maximum absolute atomic E-state index is 13.5. The van der Waals surface area contributed by atoms with Gasteiger partial charge < -0.3 is 14.9 Å². The Morgan fingerprint density at radius 1 is 1.10 bits per heavy atom. The van der Waals surface area contributed by atoms with Gasteiger partial charge in [-0.3, -0.25) is 10.1 Å². The molecule has 0 aromatic heterocycles. The number of halogens is 2. The molecular formula is C22H23Cl2N3O2. The summed E-state index contributed by atoms with van der Waals surface area (Å²) in [5.74, 6) is 0.0872. The summed E-state index contributed by atoms with van der Waals surface area (Å²) < 4.78 is 0. The molecular weight excluding hydrogens is 409 g/mol. The van der Waals surface area contributed by atoms with E-state index in [-0.39, 0.29) is 16.7 Å². The van der Waals surface area contributed by atoms with Gasteiger partial charge in [0.2, 0.25) is 5.91 Å². The molecule has 5 nitrogen and oxygen atoms in total. The molecule has 5 rings (SSSR count). The average Bonchev–Trinajstić information content (AvgIpc) is 3.63. The summed E-state index contributed by atoms with van der Waals surface area (Å²) in [4.78, 5) is 17.9. The molecule has 0 unspecified atom stereocenters. The number of amides is 1. The van der Waals surface area contributed by atoms with E-state index < -0.39 is 5.54 Å². The molecule has 0 saturated heterocycles. The lowest BCUT2D eigenvalue weighted by atomic mass is 10.1. The fourth-order valence-corrected chi connectivity index (χ4v) is 4.60. The number of hydrogen-bond acceptors (Lipinski definition) is 4. The van der Waals surface area contributed by atoms with Crippen molar-refractivity contribution in [2.45, 2.75) is 43.8 Å². The maximum atomic E-state index is 13.5. The highest BCUT2D eigenvalue weighted by Crippen LogP contribution is 2.44. The third kappa shape index (κ3) is 3.45. The molecule has 0 radical (unpaired) electrons. The number of anilines is 2. The van der Waals surface area contributed by atoms with Gasteiger partial charge in [-0.1, -0.05) is 35.3 Å². The van der Waals surface area contributed by atoms with Crippen molar-refractivity contribution in [3.8, 4) is 5.75 Å². The third-order valence-electron chi connectivity index (χ3n) is 6.17. The summed E-state index contributed by atoms with van der Waals surface area (Å²) in [7, 11) is 0. The average molecular weight is 432 g/mol. The molecule has 7 heteroatoms. The highest BCUT2D eigenvalue weighted by Gasteiger charge is 2.52. The zero-order valence-corrected chi connectivity index (χ0v) is 17.5. The van der Waals surface area contributed by atoms with Crippen LogP contribution >= 0.6 is 23.2 Å². The number of phenols is 1. The Bertz CT molecular complexity index is 973. The largest absolute Gasteiger partial charge is 0.506 e. The van der Waals surface area contributed by atoms with Crippen LogP contribution in [0.25, 0.3) is 0 Å². The predicted octanol–water partition coefficient (Wildman–Crippen LogP) is 4.34. The first-order valence-electron chi connectivity index (χ1n) is 10.1. The number of rotatable bonds is 5. The van der Waals surface area contributed by atoms with Gasteiger partial charge >= 0.3 is 0 Å². The van der Waals surface area contributed by atoms with E-state index in [0.717, 1.165) is 30.6 Å². The number of carbonyl (C=O) groups is 1. The molecule has 0 spiro atoms. The molecule has 2 aromatic rings. The number of para-hydroxylation sites is 2. The lowest BCUT2D eigenvalue weighted by Gasteiger charge is -2.39. The van der Waals surface area contributed by atoms with Crippen LogP contribution in [0, 0.1) is 0 Å². The van der Waals surface area contributed by atoms with Gasteiger partial charge in [-0.2, -0.15) is 0 Å². The number of nitrogens with zero attached hydrogens (tertiary/aromatic N) is 2. The Kier molecular flexibility index (Phi) is 4.65. The van der Waals surface area contributed by atoms with Gasteiger partial charge in [-0.25, -0.2) is 0 Å². The molecule has 152 valence electrons. The number of phenolic OH excluding ortho intramolecular Hbond substituents is 1. The van der Waals surface area contributed by atoms with Crippen molar-refractivity contribution in [2.75, 3.05) is 22.9 Å². The second-order valence-electron chi connectivity index (χ2n) is 8.20. The van der Waals surface area contributed by atoms with Crippen LogP contribution in [0.1, 0.15) is 31.2 Å². The molecule has 1 amide bonds. The topological polar surface area (TPSA) is 55.8 Å². The van der Waals surface area contributed by atoms with Crippen molar-refractivity contribution < 1.29 is 9.90 Å². The van der Waals surface area contributed by atoms with Gasteiger partial charge in [0.1, 0.15) is 5.75 Å². The SMILES string of the molecule is O=C(N1CCN(C2CC2)c2ccccc21)C1(NCc2cc(Cl)c(O)cc2Cl)CC1. The number of hydrogen-bond donors (Lipinski definition) is 2. The van der Waals surface area contributed by atoms with E-state index in [1.54, 1.807) is 6.07 Å². The van der Waals surface area contributed by atoms with E-state index in [4.69, 9.17) is 23.2 Å². The van der Waals surface area contributed by atoms with Crippen LogP contribution in [-0.2, 0) is 11.3 Å². The summed E-state index contributed by atoms with van der Waals surface area (Å²) in [6.45, 7) is 2.01. The van der Waals surface area contributed by atoms with E-state index in [9.17, 15) is 9.90 Å². The van der Waals surface area contributed by atoms with E-state index in [1.807, 2.05) is 17.0 Å². The molecule has 1 heterocycles. The van der Waals surface area contributed by atoms with Crippen molar-refractivity contribution in [1.82, 2.24) is 5.32 Å². The highest BCUT2D eigenvalue weighted by atomic mass is 35.5. The smallest absolute Gasteiger partial charge is 0.247 e. The first-order chi connectivity index (χ1) is 14.0. The lowest BCUT2D eigenvalue weighted by molar-refractivity contribution is -0.121. The number of carbonyl (C=O) groups excluding carboxylic acids is 1. The van der Waals surface area contributed by atoms with Gasteiger partial charge in [0.25, 0.3) is 0 Å². The van der Waals surface area contributed by atoms with Crippen LogP contribution in [0.2, 0.25) is 10.0 Å². The Morgan fingerprint density at radius 3 is 2.52 bits per heavy atom. The van der Waals surface area contributed by atoms with E-state index in [0.29, 0.717) is 24.2 Å². The van der Waals surface area contributed by atoms with Crippen molar-refractivity contribution in [2.24, 2.45) is 0 Å². The number of aromatic hydroxyl groups is 1. The van der Waals surface area contributed by atoms with E-state index >= 15 is 0 Å². The third-order valence-corrected chi connectivity index (χ3v) is 6.83. The summed E-state index contributed by atoms with van der Waals surface area (Å²) in [5, 5.41) is 13.8. The zero-order valence-electron chi connectivity index (χ0n) is 16.0. The first kappa shape index (κ1) is 19.0.